The van der Waals surface area contributed by atoms with E-state index in [1.165, 1.54) is 19.2 Å². The zero-order valence-electron chi connectivity index (χ0n) is 19.9. The zero-order chi connectivity index (χ0) is 25.7. The highest BCUT2D eigenvalue weighted by Crippen LogP contribution is 2.45. The molecule has 2 saturated heterocycles. The molecule has 6 rings (SSSR count). The molecule has 0 bridgehead atoms. The fourth-order valence-corrected chi connectivity index (χ4v) is 5.30. The van der Waals surface area contributed by atoms with Crippen molar-refractivity contribution in [3.8, 4) is 5.75 Å². The number of fused-ring (bicyclic) bond motifs is 2. The van der Waals surface area contributed by atoms with Crippen LogP contribution in [0.4, 0.5) is 0 Å². The van der Waals surface area contributed by atoms with Gasteiger partial charge in [-0.25, -0.2) is 0 Å². The van der Waals surface area contributed by atoms with E-state index in [-0.39, 0.29) is 23.3 Å². The minimum atomic E-state index is -2.26. The number of rotatable bonds is 4. The second kappa shape index (κ2) is 9.05. The third kappa shape index (κ3) is 3.75. The highest BCUT2D eigenvalue weighted by Gasteiger charge is 2.62. The summed E-state index contributed by atoms with van der Waals surface area (Å²) in [7, 11) is 1.51. The minimum absolute atomic E-state index is 0.00852. The summed E-state index contributed by atoms with van der Waals surface area (Å²) in [5.41, 5.74) is 1.35. The molecule has 3 aromatic rings. The quantitative estimate of drug-likeness (QED) is 0.522. The lowest BCUT2D eigenvalue weighted by Crippen LogP contribution is -2.71. The van der Waals surface area contributed by atoms with Crippen molar-refractivity contribution in [1.82, 2.24) is 4.90 Å². The number of hydrogen-bond acceptors (Lipinski definition) is 8. The Morgan fingerprint density at radius 3 is 2.16 bits per heavy atom. The predicted molar refractivity (Wildman–Crippen MR) is 129 cm³/mol. The highest BCUT2D eigenvalue weighted by atomic mass is 16.7. The molecule has 0 unspecified atom stereocenters. The summed E-state index contributed by atoms with van der Waals surface area (Å²) in [5.74, 6) is -2.99. The van der Waals surface area contributed by atoms with E-state index in [4.69, 9.17) is 18.9 Å². The first-order valence-electron chi connectivity index (χ1n) is 11.9. The number of amides is 2. The molecular weight excluding hydrogens is 478 g/mol. The van der Waals surface area contributed by atoms with E-state index in [9.17, 15) is 19.8 Å². The lowest BCUT2D eigenvalue weighted by Gasteiger charge is -2.53. The maximum Gasteiger partial charge on any atom is 0.262 e. The predicted octanol–water partition coefficient (Wildman–Crippen LogP) is 2.38. The van der Waals surface area contributed by atoms with Gasteiger partial charge in [0.05, 0.1) is 24.8 Å². The molecule has 2 amide bonds. The topological polar surface area (TPSA) is 115 Å². The van der Waals surface area contributed by atoms with E-state index in [0.717, 1.165) is 10.5 Å². The van der Waals surface area contributed by atoms with Crippen LogP contribution in [0.25, 0.3) is 0 Å². The molecule has 3 aromatic carbocycles. The summed E-state index contributed by atoms with van der Waals surface area (Å²) in [5, 5.41) is 23.8. The van der Waals surface area contributed by atoms with Gasteiger partial charge in [-0.1, -0.05) is 42.5 Å². The van der Waals surface area contributed by atoms with Crippen molar-refractivity contribution in [2.45, 2.75) is 36.4 Å². The second-order valence-corrected chi connectivity index (χ2v) is 9.22. The van der Waals surface area contributed by atoms with Gasteiger partial charge in [0, 0.05) is 11.1 Å². The van der Waals surface area contributed by atoms with Crippen LogP contribution in [0.15, 0.2) is 78.9 Å². The third-order valence-corrected chi connectivity index (χ3v) is 7.13. The molecule has 6 atom stereocenters. The first kappa shape index (κ1) is 23.8. The molecular formula is C28H25NO8. The van der Waals surface area contributed by atoms with Crippen LogP contribution in [0.2, 0.25) is 0 Å². The average molecular weight is 504 g/mol. The molecule has 0 saturated carbocycles. The maximum absolute atomic E-state index is 13.5. The molecule has 0 radical (unpaired) electrons. The molecule has 3 heterocycles. The first-order chi connectivity index (χ1) is 17.9. The molecule has 190 valence electrons. The molecule has 3 aliphatic heterocycles. The van der Waals surface area contributed by atoms with Crippen LogP contribution in [-0.4, -0.2) is 65.0 Å². The standard InChI is InChI=1S/C28H25NO8/c1-34-18-13-11-17(12-14-18)28(33)24(29-25(31)19-9-5-6-10-20(19)26(29)32)22(30)23-21(37-28)15-35-27(36-23)16-7-3-2-4-8-16/h2-14,21-24,27,30,33H,15H2,1H3/t21-,22+,23-,24-,27-,28-/m1/s1. The fourth-order valence-electron chi connectivity index (χ4n) is 5.30. The number of imide groups is 1. The molecule has 2 N–H and O–H groups in total. The molecule has 9 heteroatoms. The summed E-state index contributed by atoms with van der Waals surface area (Å²) < 4.78 is 23.4. The Labute approximate surface area is 212 Å². The molecule has 0 aliphatic carbocycles. The highest BCUT2D eigenvalue weighted by molar-refractivity contribution is 6.21. The summed E-state index contributed by atoms with van der Waals surface area (Å²) in [6.45, 7) is 0.00852. The van der Waals surface area contributed by atoms with Crippen LogP contribution in [0.1, 0.15) is 38.1 Å². The number of carbonyl (C=O) groups excluding carboxylic acids is 2. The lowest BCUT2D eigenvalue weighted by molar-refractivity contribution is -0.384. The van der Waals surface area contributed by atoms with Crippen LogP contribution in [0, 0.1) is 0 Å². The van der Waals surface area contributed by atoms with Crippen LogP contribution in [0.3, 0.4) is 0 Å². The van der Waals surface area contributed by atoms with E-state index < -0.39 is 48.2 Å². The zero-order valence-corrected chi connectivity index (χ0v) is 19.9. The summed E-state index contributed by atoms with van der Waals surface area (Å²) >= 11 is 0. The van der Waals surface area contributed by atoms with Gasteiger partial charge < -0.3 is 29.2 Å². The van der Waals surface area contributed by atoms with E-state index in [0.29, 0.717) is 5.75 Å². The number of nitrogens with zero attached hydrogens (tertiary/aromatic N) is 1. The van der Waals surface area contributed by atoms with Crippen molar-refractivity contribution >= 4 is 11.8 Å². The molecule has 37 heavy (non-hydrogen) atoms. The van der Waals surface area contributed by atoms with Crippen LogP contribution >= 0.6 is 0 Å². The minimum Gasteiger partial charge on any atom is -0.497 e. The van der Waals surface area contributed by atoms with Crippen molar-refractivity contribution < 1.29 is 38.7 Å². The Balaban J connectivity index is 1.42. The van der Waals surface area contributed by atoms with Gasteiger partial charge in [0.15, 0.2) is 6.29 Å². The van der Waals surface area contributed by atoms with Gasteiger partial charge in [0.2, 0.25) is 5.79 Å². The van der Waals surface area contributed by atoms with Gasteiger partial charge in [-0.2, -0.15) is 0 Å². The molecule has 2 fully saturated rings. The van der Waals surface area contributed by atoms with Crippen molar-refractivity contribution in [2.75, 3.05) is 13.7 Å². The van der Waals surface area contributed by atoms with Crippen LogP contribution in [0.5, 0.6) is 5.75 Å². The van der Waals surface area contributed by atoms with E-state index in [1.54, 1.807) is 36.4 Å². The number of methoxy groups -OCH3 is 1. The van der Waals surface area contributed by atoms with Gasteiger partial charge in [-0.3, -0.25) is 14.5 Å². The number of benzene rings is 3. The Morgan fingerprint density at radius 1 is 0.919 bits per heavy atom. The Hall–Kier alpha value is -3.60. The monoisotopic (exact) mass is 503 g/mol. The largest absolute Gasteiger partial charge is 0.497 e. The first-order valence-corrected chi connectivity index (χ1v) is 11.9. The molecule has 0 aromatic heterocycles. The third-order valence-electron chi connectivity index (χ3n) is 7.13. The van der Waals surface area contributed by atoms with E-state index in [2.05, 4.69) is 0 Å². The molecule has 0 spiro atoms. The Kier molecular flexibility index (Phi) is 5.82. The smallest absolute Gasteiger partial charge is 0.262 e. The van der Waals surface area contributed by atoms with Crippen molar-refractivity contribution in [3.63, 3.8) is 0 Å². The number of carbonyl (C=O) groups is 2. The van der Waals surface area contributed by atoms with Crippen molar-refractivity contribution in [2.24, 2.45) is 0 Å². The lowest BCUT2D eigenvalue weighted by atomic mass is 9.84. The van der Waals surface area contributed by atoms with Crippen molar-refractivity contribution in [3.05, 3.63) is 101 Å². The molecule has 9 nitrogen and oxygen atoms in total. The van der Waals surface area contributed by atoms with Crippen LogP contribution in [-0.2, 0) is 20.0 Å². The number of hydrogen-bond donors (Lipinski definition) is 2. The van der Waals surface area contributed by atoms with Gasteiger partial charge in [0.1, 0.15) is 30.1 Å². The maximum atomic E-state index is 13.5. The second-order valence-electron chi connectivity index (χ2n) is 9.22. The van der Waals surface area contributed by atoms with Gasteiger partial charge in [-0.15, -0.1) is 0 Å². The average Bonchev–Trinajstić information content (AvgIpc) is 3.19. The van der Waals surface area contributed by atoms with Gasteiger partial charge in [-0.05, 0) is 36.4 Å². The number of aliphatic hydroxyl groups excluding tert-OH is 1. The van der Waals surface area contributed by atoms with Crippen molar-refractivity contribution in [1.29, 1.82) is 0 Å². The number of ether oxygens (including phenoxy) is 4. The normalized spacial score (nSPS) is 31.1. The number of aliphatic hydroxyl groups is 2. The SMILES string of the molecule is COc1ccc([C@@]2(O)O[C@@H]3CO[C@@H](c4ccccc4)O[C@H]3[C@H](O)[C@H]2N2C(=O)c3ccccc3C2=O)cc1. The summed E-state index contributed by atoms with van der Waals surface area (Å²) in [4.78, 5) is 27.8. The fraction of sp³-hybridized carbons (Fsp3) is 0.286. The Morgan fingerprint density at radius 2 is 1.54 bits per heavy atom. The van der Waals surface area contributed by atoms with Gasteiger partial charge >= 0.3 is 0 Å². The molecule has 3 aliphatic rings. The van der Waals surface area contributed by atoms with E-state index >= 15 is 0 Å². The van der Waals surface area contributed by atoms with Crippen LogP contribution < -0.4 is 4.74 Å². The Bertz CT molecular complexity index is 1290. The van der Waals surface area contributed by atoms with E-state index in [1.807, 2.05) is 30.3 Å². The summed E-state index contributed by atoms with van der Waals surface area (Å²) in [6.07, 6.45) is -4.17. The van der Waals surface area contributed by atoms with Gasteiger partial charge in [0.25, 0.3) is 11.8 Å². The summed E-state index contributed by atoms with van der Waals surface area (Å²) in [6, 6.07) is 20.4.